The molecule has 0 spiro atoms. The Morgan fingerprint density at radius 2 is 2.21 bits per heavy atom. The molecule has 0 bridgehead atoms. The van der Waals surface area contributed by atoms with Gasteiger partial charge in [0.15, 0.2) is 0 Å². The first-order valence-corrected chi connectivity index (χ1v) is 5.21. The van der Waals surface area contributed by atoms with E-state index >= 15 is 0 Å². The maximum absolute atomic E-state index is 6.16. The molecule has 1 unspecified atom stereocenters. The van der Waals surface area contributed by atoms with Crippen molar-refractivity contribution in [2.75, 3.05) is 13.7 Å². The predicted octanol–water partition coefficient (Wildman–Crippen LogP) is 2.78. The SMILES string of the molecule is CNC1COCc2ccc(Cl)c(Cl)c21. The van der Waals surface area contributed by atoms with Crippen LogP contribution in [0.25, 0.3) is 0 Å². The van der Waals surface area contributed by atoms with Gasteiger partial charge in [-0.2, -0.15) is 0 Å². The minimum Gasteiger partial charge on any atom is -0.375 e. The Hall–Kier alpha value is -0.280. The Morgan fingerprint density at radius 3 is 2.93 bits per heavy atom. The summed E-state index contributed by atoms with van der Waals surface area (Å²) in [6.07, 6.45) is 0. The van der Waals surface area contributed by atoms with Crippen molar-refractivity contribution in [3.8, 4) is 0 Å². The number of rotatable bonds is 1. The van der Waals surface area contributed by atoms with Crippen molar-refractivity contribution >= 4 is 23.2 Å². The quantitative estimate of drug-likeness (QED) is 0.803. The van der Waals surface area contributed by atoms with Gasteiger partial charge in [-0.15, -0.1) is 0 Å². The number of benzene rings is 1. The Bertz CT molecular complexity index is 354. The van der Waals surface area contributed by atoms with Crippen LogP contribution in [0.5, 0.6) is 0 Å². The summed E-state index contributed by atoms with van der Waals surface area (Å²) in [5.74, 6) is 0. The molecular weight excluding hydrogens is 221 g/mol. The lowest BCUT2D eigenvalue weighted by Crippen LogP contribution is -2.27. The van der Waals surface area contributed by atoms with Gasteiger partial charge >= 0.3 is 0 Å². The minimum atomic E-state index is 0.143. The maximum Gasteiger partial charge on any atom is 0.0721 e. The molecule has 1 aliphatic heterocycles. The third-order valence-electron chi connectivity index (χ3n) is 2.46. The van der Waals surface area contributed by atoms with Crippen molar-refractivity contribution in [3.63, 3.8) is 0 Å². The van der Waals surface area contributed by atoms with Gasteiger partial charge in [0, 0.05) is 0 Å². The summed E-state index contributed by atoms with van der Waals surface area (Å²) in [5, 5.41) is 4.41. The van der Waals surface area contributed by atoms with Crippen molar-refractivity contribution in [3.05, 3.63) is 33.3 Å². The molecule has 0 aromatic heterocycles. The number of likely N-dealkylation sites (N-methyl/N-ethyl adjacent to an activating group) is 1. The third kappa shape index (κ3) is 1.63. The lowest BCUT2D eigenvalue weighted by Gasteiger charge is -2.26. The number of ether oxygens (including phenoxy) is 1. The fraction of sp³-hybridized carbons (Fsp3) is 0.400. The summed E-state index contributed by atoms with van der Waals surface area (Å²) < 4.78 is 5.43. The van der Waals surface area contributed by atoms with Gasteiger partial charge in [0.2, 0.25) is 0 Å². The van der Waals surface area contributed by atoms with E-state index in [-0.39, 0.29) is 6.04 Å². The first-order valence-electron chi connectivity index (χ1n) is 4.46. The molecule has 0 fully saturated rings. The first kappa shape index (κ1) is 10.2. The predicted molar refractivity (Wildman–Crippen MR) is 57.9 cm³/mol. The monoisotopic (exact) mass is 231 g/mol. The molecule has 2 nitrogen and oxygen atoms in total. The summed E-state index contributed by atoms with van der Waals surface area (Å²) in [6, 6.07) is 3.92. The third-order valence-corrected chi connectivity index (χ3v) is 3.28. The maximum atomic E-state index is 6.16. The molecule has 0 amide bonds. The highest BCUT2D eigenvalue weighted by Gasteiger charge is 2.23. The van der Waals surface area contributed by atoms with E-state index in [1.165, 1.54) is 0 Å². The molecule has 0 saturated heterocycles. The number of hydrogen-bond donors (Lipinski definition) is 1. The van der Waals surface area contributed by atoms with Gasteiger partial charge in [-0.05, 0) is 24.2 Å². The van der Waals surface area contributed by atoms with Crippen LogP contribution < -0.4 is 5.32 Å². The van der Waals surface area contributed by atoms with Crippen LogP contribution in [-0.2, 0) is 11.3 Å². The Balaban J connectivity index is 2.53. The van der Waals surface area contributed by atoms with Crippen LogP contribution in [0.4, 0.5) is 0 Å². The van der Waals surface area contributed by atoms with E-state index in [1.54, 1.807) is 0 Å². The van der Waals surface area contributed by atoms with Crippen molar-refractivity contribution in [2.24, 2.45) is 0 Å². The Labute approximate surface area is 93.2 Å². The molecule has 1 aromatic carbocycles. The van der Waals surface area contributed by atoms with E-state index in [1.807, 2.05) is 19.2 Å². The highest BCUT2D eigenvalue weighted by Crippen LogP contribution is 2.35. The van der Waals surface area contributed by atoms with Crippen LogP contribution in [0.1, 0.15) is 17.2 Å². The van der Waals surface area contributed by atoms with Crippen LogP contribution in [0.3, 0.4) is 0 Å². The van der Waals surface area contributed by atoms with Gasteiger partial charge in [-0.3, -0.25) is 0 Å². The van der Waals surface area contributed by atoms with E-state index in [9.17, 15) is 0 Å². The molecular formula is C10H11Cl2NO. The molecule has 0 aliphatic carbocycles. The van der Waals surface area contributed by atoms with Gasteiger partial charge in [-0.25, -0.2) is 0 Å². The van der Waals surface area contributed by atoms with E-state index in [0.717, 1.165) is 11.1 Å². The second-order valence-electron chi connectivity index (χ2n) is 3.29. The van der Waals surface area contributed by atoms with Crippen LogP contribution >= 0.6 is 23.2 Å². The largest absolute Gasteiger partial charge is 0.375 e. The summed E-state index contributed by atoms with van der Waals surface area (Å²) >= 11 is 12.1. The van der Waals surface area contributed by atoms with Gasteiger partial charge in [0.1, 0.15) is 0 Å². The first-order chi connectivity index (χ1) is 6.74. The molecule has 1 N–H and O–H groups in total. The van der Waals surface area contributed by atoms with Gasteiger partial charge in [-0.1, -0.05) is 29.3 Å². The van der Waals surface area contributed by atoms with Gasteiger partial charge < -0.3 is 10.1 Å². The molecule has 1 aromatic rings. The molecule has 76 valence electrons. The Kier molecular flexibility index (Phi) is 2.98. The van der Waals surface area contributed by atoms with Crippen molar-refractivity contribution in [2.45, 2.75) is 12.6 Å². The lowest BCUT2D eigenvalue weighted by atomic mass is 9.99. The van der Waals surface area contributed by atoms with Crippen LogP contribution in [0.15, 0.2) is 12.1 Å². The van der Waals surface area contributed by atoms with E-state index in [0.29, 0.717) is 23.3 Å². The van der Waals surface area contributed by atoms with Crippen LogP contribution in [0, 0.1) is 0 Å². The second kappa shape index (κ2) is 4.07. The number of hydrogen-bond acceptors (Lipinski definition) is 2. The normalized spacial score (nSPS) is 20.6. The molecule has 4 heteroatoms. The smallest absolute Gasteiger partial charge is 0.0721 e. The van der Waals surface area contributed by atoms with E-state index in [4.69, 9.17) is 27.9 Å². The second-order valence-corrected chi connectivity index (χ2v) is 4.08. The van der Waals surface area contributed by atoms with Crippen molar-refractivity contribution in [1.29, 1.82) is 0 Å². The van der Waals surface area contributed by atoms with Gasteiger partial charge in [0.05, 0.1) is 29.3 Å². The lowest BCUT2D eigenvalue weighted by molar-refractivity contribution is 0.0845. The molecule has 2 rings (SSSR count). The van der Waals surface area contributed by atoms with Crippen molar-refractivity contribution < 1.29 is 4.74 Å². The average Bonchev–Trinajstić information content (AvgIpc) is 2.23. The number of halogens is 2. The van der Waals surface area contributed by atoms with Crippen LogP contribution in [-0.4, -0.2) is 13.7 Å². The molecule has 0 saturated carbocycles. The zero-order chi connectivity index (χ0) is 10.1. The topological polar surface area (TPSA) is 21.3 Å². The summed E-state index contributed by atoms with van der Waals surface area (Å²) in [4.78, 5) is 0. The Morgan fingerprint density at radius 1 is 1.43 bits per heavy atom. The summed E-state index contributed by atoms with van der Waals surface area (Å²) in [6.45, 7) is 1.26. The zero-order valence-electron chi connectivity index (χ0n) is 7.81. The fourth-order valence-electron chi connectivity index (χ4n) is 1.71. The molecule has 0 radical (unpaired) electrons. The van der Waals surface area contributed by atoms with E-state index in [2.05, 4.69) is 5.32 Å². The zero-order valence-corrected chi connectivity index (χ0v) is 9.32. The highest BCUT2D eigenvalue weighted by molar-refractivity contribution is 6.42. The average molecular weight is 232 g/mol. The highest BCUT2D eigenvalue weighted by atomic mass is 35.5. The van der Waals surface area contributed by atoms with Crippen LogP contribution in [0.2, 0.25) is 10.0 Å². The van der Waals surface area contributed by atoms with E-state index < -0.39 is 0 Å². The minimum absolute atomic E-state index is 0.143. The van der Waals surface area contributed by atoms with Crippen molar-refractivity contribution in [1.82, 2.24) is 5.32 Å². The fourth-order valence-corrected chi connectivity index (χ4v) is 2.19. The molecule has 14 heavy (non-hydrogen) atoms. The number of fused-ring (bicyclic) bond motifs is 1. The standard InChI is InChI=1S/C10H11Cl2NO/c1-13-8-5-14-4-6-2-3-7(11)10(12)9(6)8/h2-3,8,13H,4-5H2,1H3. The summed E-state index contributed by atoms with van der Waals surface area (Å²) in [5.41, 5.74) is 2.19. The molecule has 1 aliphatic rings. The number of nitrogens with one attached hydrogen (secondary N) is 1. The molecule has 1 atom stereocenters. The summed E-state index contributed by atoms with van der Waals surface area (Å²) in [7, 11) is 1.89. The van der Waals surface area contributed by atoms with Gasteiger partial charge in [0.25, 0.3) is 0 Å². The molecule has 1 heterocycles.